The Bertz CT molecular complexity index is 1080. The molecule has 29 heavy (non-hydrogen) atoms. The van der Waals surface area contributed by atoms with Gasteiger partial charge in [-0.25, -0.2) is 0 Å². The Morgan fingerprint density at radius 1 is 1.07 bits per heavy atom. The molecule has 150 valence electrons. The van der Waals surface area contributed by atoms with Gasteiger partial charge in [0.15, 0.2) is 5.84 Å². The Morgan fingerprint density at radius 2 is 1.79 bits per heavy atom. The van der Waals surface area contributed by atoms with Gasteiger partial charge in [-0.3, -0.25) is 9.59 Å². The Labute approximate surface area is 168 Å². The first-order chi connectivity index (χ1) is 14.0. The molecule has 2 amide bonds. The number of benzene rings is 2. The Kier molecular flexibility index (Phi) is 5.06. The zero-order valence-corrected chi connectivity index (χ0v) is 16.4. The van der Waals surface area contributed by atoms with Crippen LogP contribution in [0.5, 0.6) is 0 Å². The molecule has 2 aliphatic rings. The van der Waals surface area contributed by atoms with Crippen LogP contribution in [0, 0.1) is 0 Å². The summed E-state index contributed by atoms with van der Waals surface area (Å²) in [4.78, 5) is 26.7. The predicted octanol–water partition coefficient (Wildman–Crippen LogP) is 1.35. The Balaban J connectivity index is 1.44. The number of nitrogens with zero attached hydrogens (tertiary/aromatic N) is 2. The number of anilines is 1. The Hall–Kier alpha value is -3.20. The summed E-state index contributed by atoms with van der Waals surface area (Å²) in [5.41, 5.74) is 1.16. The predicted molar refractivity (Wildman–Crippen MR) is 108 cm³/mol. The summed E-state index contributed by atoms with van der Waals surface area (Å²) in [5, 5.41) is 5.35. The number of likely N-dealkylation sites (tertiary alicyclic amines) is 1. The second-order valence-electron chi connectivity index (χ2n) is 6.87. The van der Waals surface area contributed by atoms with Crippen LogP contribution < -0.4 is 10.6 Å². The normalized spacial score (nSPS) is 19.4. The zero-order valence-electron chi connectivity index (χ0n) is 15.5. The lowest BCUT2D eigenvalue weighted by Gasteiger charge is -2.25. The highest BCUT2D eigenvalue weighted by molar-refractivity contribution is 7.90. The van der Waals surface area contributed by atoms with Gasteiger partial charge in [0.05, 0.1) is 6.54 Å². The van der Waals surface area contributed by atoms with Crippen molar-refractivity contribution in [2.75, 3.05) is 18.4 Å². The molecular formula is C20H20N4O4S. The monoisotopic (exact) mass is 412 g/mol. The minimum absolute atomic E-state index is 0.156. The molecule has 2 aromatic carbocycles. The van der Waals surface area contributed by atoms with E-state index in [1.165, 1.54) is 6.07 Å². The van der Waals surface area contributed by atoms with Crippen molar-refractivity contribution >= 4 is 33.4 Å². The van der Waals surface area contributed by atoms with E-state index in [0.717, 1.165) is 6.42 Å². The number of amides is 2. The molecule has 1 fully saturated rings. The van der Waals surface area contributed by atoms with Gasteiger partial charge >= 0.3 is 0 Å². The maximum atomic E-state index is 12.7. The number of sulfonamides is 1. The summed E-state index contributed by atoms with van der Waals surface area (Å²) in [6.45, 7) is 0.358. The van der Waals surface area contributed by atoms with Crippen molar-refractivity contribution < 1.29 is 18.0 Å². The molecule has 2 N–H and O–H groups in total. The van der Waals surface area contributed by atoms with Crippen LogP contribution in [0.3, 0.4) is 0 Å². The molecule has 0 unspecified atom stereocenters. The van der Waals surface area contributed by atoms with Gasteiger partial charge in [0.2, 0.25) is 11.8 Å². The van der Waals surface area contributed by atoms with Crippen molar-refractivity contribution in [3.8, 4) is 0 Å². The first-order valence-corrected chi connectivity index (χ1v) is 10.7. The van der Waals surface area contributed by atoms with Gasteiger partial charge in [-0.1, -0.05) is 30.3 Å². The van der Waals surface area contributed by atoms with Crippen molar-refractivity contribution in [3.63, 3.8) is 0 Å². The minimum atomic E-state index is -3.75. The third-order valence-corrected chi connectivity index (χ3v) is 6.25. The average Bonchev–Trinajstić information content (AvgIpc) is 3.30. The quantitative estimate of drug-likeness (QED) is 0.788. The van der Waals surface area contributed by atoms with Crippen LogP contribution in [-0.2, 0) is 19.6 Å². The first-order valence-electron chi connectivity index (χ1n) is 9.29. The van der Waals surface area contributed by atoms with Crippen molar-refractivity contribution in [1.82, 2.24) is 10.2 Å². The SMILES string of the molecule is O=C(CNC(=O)[C@@H]1CCCN1C1=NS(=O)(=O)c2ccccc21)Nc1ccccc1. The summed E-state index contributed by atoms with van der Waals surface area (Å²) in [5.74, 6) is -0.359. The molecular weight excluding hydrogens is 392 g/mol. The number of hydrogen-bond donors (Lipinski definition) is 2. The van der Waals surface area contributed by atoms with E-state index in [2.05, 4.69) is 15.0 Å². The van der Waals surface area contributed by atoms with Gasteiger partial charge in [-0.15, -0.1) is 4.40 Å². The molecule has 0 aliphatic carbocycles. The standard InChI is InChI=1S/C20H20N4O4S/c25-18(22-14-7-2-1-3-8-14)13-21-20(26)16-10-6-12-24(16)19-15-9-4-5-11-17(15)29(27,28)23-19/h1-5,7-9,11,16H,6,10,12-13H2,(H,21,26)(H,22,25)/t16-/m0/s1. The fourth-order valence-corrected chi connectivity index (χ4v) is 4.82. The van der Waals surface area contributed by atoms with Gasteiger partial charge in [0, 0.05) is 17.8 Å². The number of hydrogen-bond acceptors (Lipinski definition) is 5. The van der Waals surface area contributed by atoms with E-state index in [-0.39, 0.29) is 23.3 Å². The van der Waals surface area contributed by atoms with Crippen LogP contribution in [-0.4, -0.2) is 50.1 Å². The number of rotatable bonds is 4. The second kappa shape index (κ2) is 7.67. The third kappa shape index (κ3) is 3.86. The number of fused-ring (bicyclic) bond motifs is 1. The maximum Gasteiger partial charge on any atom is 0.285 e. The van der Waals surface area contributed by atoms with E-state index in [1.807, 2.05) is 6.07 Å². The molecule has 9 heteroatoms. The smallest absolute Gasteiger partial charge is 0.285 e. The van der Waals surface area contributed by atoms with Crippen molar-refractivity contribution in [3.05, 3.63) is 60.2 Å². The largest absolute Gasteiger partial charge is 0.345 e. The van der Waals surface area contributed by atoms with E-state index < -0.39 is 16.1 Å². The highest BCUT2D eigenvalue weighted by atomic mass is 32.2. The molecule has 2 aliphatic heterocycles. The highest BCUT2D eigenvalue weighted by Gasteiger charge is 2.39. The molecule has 0 aromatic heterocycles. The van der Waals surface area contributed by atoms with Crippen molar-refractivity contribution in [1.29, 1.82) is 0 Å². The molecule has 0 saturated carbocycles. The topological polar surface area (TPSA) is 108 Å². The summed E-state index contributed by atoms with van der Waals surface area (Å²) >= 11 is 0. The van der Waals surface area contributed by atoms with Crippen LogP contribution in [0.2, 0.25) is 0 Å². The number of carbonyl (C=O) groups excluding carboxylic acids is 2. The van der Waals surface area contributed by atoms with Crippen LogP contribution in [0.4, 0.5) is 5.69 Å². The van der Waals surface area contributed by atoms with E-state index in [4.69, 9.17) is 0 Å². The fourth-order valence-electron chi connectivity index (χ4n) is 3.60. The van der Waals surface area contributed by atoms with Crippen LogP contribution in [0.25, 0.3) is 0 Å². The van der Waals surface area contributed by atoms with E-state index in [9.17, 15) is 18.0 Å². The summed E-state index contributed by atoms with van der Waals surface area (Å²) in [6, 6.07) is 15.0. The molecule has 4 rings (SSSR count). The molecule has 2 aromatic rings. The Morgan fingerprint density at radius 3 is 2.59 bits per heavy atom. The van der Waals surface area contributed by atoms with Crippen LogP contribution in [0.15, 0.2) is 63.9 Å². The van der Waals surface area contributed by atoms with Crippen molar-refractivity contribution in [2.24, 2.45) is 4.40 Å². The lowest BCUT2D eigenvalue weighted by atomic mass is 10.1. The fraction of sp³-hybridized carbons (Fsp3) is 0.250. The van der Waals surface area contributed by atoms with Crippen LogP contribution >= 0.6 is 0 Å². The van der Waals surface area contributed by atoms with Gasteiger partial charge < -0.3 is 15.5 Å². The van der Waals surface area contributed by atoms with Crippen LogP contribution in [0.1, 0.15) is 18.4 Å². The molecule has 2 heterocycles. The lowest BCUT2D eigenvalue weighted by Crippen LogP contribution is -2.47. The van der Waals surface area contributed by atoms with E-state index >= 15 is 0 Å². The maximum absolute atomic E-state index is 12.7. The number of carbonyl (C=O) groups is 2. The molecule has 0 bridgehead atoms. The molecule has 8 nitrogen and oxygen atoms in total. The number of nitrogens with one attached hydrogen (secondary N) is 2. The summed E-state index contributed by atoms with van der Waals surface area (Å²) in [7, 11) is -3.75. The van der Waals surface area contributed by atoms with Gasteiger partial charge in [-0.2, -0.15) is 8.42 Å². The molecule has 0 radical (unpaired) electrons. The van der Waals surface area contributed by atoms with E-state index in [1.54, 1.807) is 47.4 Å². The third-order valence-electron chi connectivity index (χ3n) is 4.92. The highest BCUT2D eigenvalue weighted by Crippen LogP contribution is 2.31. The lowest BCUT2D eigenvalue weighted by molar-refractivity contribution is -0.126. The second-order valence-corrected chi connectivity index (χ2v) is 8.44. The van der Waals surface area contributed by atoms with Gasteiger partial charge in [0.25, 0.3) is 10.0 Å². The molecule has 1 atom stereocenters. The molecule has 1 saturated heterocycles. The average molecular weight is 412 g/mol. The summed E-state index contributed by atoms with van der Waals surface area (Å²) in [6.07, 6.45) is 1.29. The summed E-state index contributed by atoms with van der Waals surface area (Å²) < 4.78 is 28.5. The number of amidine groups is 1. The first kappa shape index (κ1) is 19.1. The van der Waals surface area contributed by atoms with E-state index in [0.29, 0.717) is 30.1 Å². The minimum Gasteiger partial charge on any atom is -0.345 e. The number of para-hydroxylation sites is 1. The van der Waals surface area contributed by atoms with Crippen molar-refractivity contribution in [2.45, 2.75) is 23.8 Å². The zero-order chi connectivity index (χ0) is 20.4. The van der Waals surface area contributed by atoms with Gasteiger partial charge in [0.1, 0.15) is 10.9 Å². The molecule has 0 spiro atoms. The van der Waals surface area contributed by atoms with Gasteiger partial charge in [-0.05, 0) is 37.1 Å².